The van der Waals surface area contributed by atoms with Gasteiger partial charge in [-0.1, -0.05) is 59.6 Å². The third-order valence-electron chi connectivity index (χ3n) is 3.88. The first-order valence-corrected chi connectivity index (χ1v) is 8.09. The molecule has 1 fully saturated rings. The summed E-state index contributed by atoms with van der Waals surface area (Å²) in [6.07, 6.45) is 6.64. The number of halogens is 1. The molecule has 0 bridgehead atoms. The predicted molar refractivity (Wildman–Crippen MR) is 82.4 cm³/mol. The number of likely N-dealkylation sites (tertiary alicyclic amines) is 1. The molecule has 1 heterocycles. The second-order valence-corrected chi connectivity index (χ2v) is 7.00. The molecule has 0 radical (unpaired) electrons. The summed E-state index contributed by atoms with van der Waals surface area (Å²) in [5.74, 6) is 0. The van der Waals surface area contributed by atoms with E-state index < -0.39 is 0 Å². The molecule has 0 aromatic heterocycles. The average molecular weight is 310 g/mol. The molecule has 1 aliphatic heterocycles. The van der Waals surface area contributed by atoms with Crippen molar-refractivity contribution >= 4 is 15.9 Å². The van der Waals surface area contributed by atoms with Crippen LogP contribution in [0.2, 0.25) is 0 Å². The van der Waals surface area contributed by atoms with Gasteiger partial charge in [-0.3, -0.25) is 0 Å². The van der Waals surface area contributed by atoms with E-state index in [-0.39, 0.29) is 0 Å². The zero-order valence-electron chi connectivity index (χ0n) is 11.3. The molecule has 18 heavy (non-hydrogen) atoms. The minimum Gasteiger partial charge on any atom is -0.300 e. The van der Waals surface area contributed by atoms with E-state index >= 15 is 0 Å². The molecule has 1 nitrogen and oxygen atoms in total. The normalized spacial score (nSPS) is 22.9. The minimum absolute atomic E-state index is 0.639. The van der Waals surface area contributed by atoms with Crippen molar-refractivity contribution in [1.82, 2.24) is 4.90 Å². The molecule has 0 amide bonds. The van der Waals surface area contributed by atoms with Gasteiger partial charge >= 0.3 is 0 Å². The average Bonchev–Trinajstić information content (AvgIpc) is 2.38. The fraction of sp³-hybridized carbons (Fsp3) is 0.625. The number of alkyl halides is 1. The van der Waals surface area contributed by atoms with E-state index in [1.54, 1.807) is 0 Å². The minimum atomic E-state index is 0.639. The molecule has 2 heteroatoms. The maximum absolute atomic E-state index is 3.71. The number of hydrogen-bond donors (Lipinski definition) is 0. The number of benzene rings is 1. The van der Waals surface area contributed by atoms with Gasteiger partial charge in [0.25, 0.3) is 0 Å². The van der Waals surface area contributed by atoms with Crippen molar-refractivity contribution in [2.45, 2.75) is 49.9 Å². The Morgan fingerprint density at radius 2 is 2.06 bits per heavy atom. The molecule has 1 aromatic rings. The van der Waals surface area contributed by atoms with Crippen LogP contribution in [-0.2, 0) is 6.42 Å². The van der Waals surface area contributed by atoms with Crippen LogP contribution in [0.5, 0.6) is 0 Å². The number of piperidine rings is 1. The summed E-state index contributed by atoms with van der Waals surface area (Å²) in [5, 5.41) is 0. The topological polar surface area (TPSA) is 3.24 Å². The summed E-state index contributed by atoms with van der Waals surface area (Å²) in [5.41, 5.74) is 1.47. The van der Waals surface area contributed by atoms with Gasteiger partial charge in [-0.15, -0.1) is 0 Å². The van der Waals surface area contributed by atoms with Crippen molar-refractivity contribution in [2.75, 3.05) is 13.1 Å². The molecule has 0 saturated carbocycles. The largest absolute Gasteiger partial charge is 0.300 e. The van der Waals surface area contributed by atoms with Crippen molar-refractivity contribution in [3.05, 3.63) is 35.9 Å². The van der Waals surface area contributed by atoms with Gasteiger partial charge < -0.3 is 4.90 Å². The second-order valence-electron chi connectivity index (χ2n) is 5.44. The SMILES string of the molecule is CC(Br)CC1CCCCN1CCc1ccccc1. The monoisotopic (exact) mass is 309 g/mol. The summed E-state index contributed by atoms with van der Waals surface area (Å²) in [4.78, 5) is 3.34. The Morgan fingerprint density at radius 3 is 2.78 bits per heavy atom. The Kier molecular flexibility index (Phi) is 5.71. The summed E-state index contributed by atoms with van der Waals surface area (Å²) < 4.78 is 0. The quantitative estimate of drug-likeness (QED) is 0.735. The van der Waals surface area contributed by atoms with Crippen LogP contribution in [0, 0.1) is 0 Å². The molecule has 1 aromatic carbocycles. The van der Waals surface area contributed by atoms with Gasteiger partial charge in [0, 0.05) is 17.4 Å². The van der Waals surface area contributed by atoms with Crippen LogP contribution in [0.25, 0.3) is 0 Å². The molecular formula is C16H24BrN. The zero-order valence-corrected chi connectivity index (χ0v) is 12.9. The van der Waals surface area contributed by atoms with Crippen molar-refractivity contribution in [3.8, 4) is 0 Å². The van der Waals surface area contributed by atoms with Crippen LogP contribution in [0.4, 0.5) is 0 Å². The molecule has 2 atom stereocenters. The van der Waals surface area contributed by atoms with E-state index in [9.17, 15) is 0 Å². The van der Waals surface area contributed by atoms with Crippen molar-refractivity contribution in [2.24, 2.45) is 0 Å². The highest BCUT2D eigenvalue weighted by molar-refractivity contribution is 9.09. The number of hydrogen-bond acceptors (Lipinski definition) is 1. The van der Waals surface area contributed by atoms with E-state index in [4.69, 9.17) is 0 Å². The summed E-state index contributed by atoms with van der Waals surface area (Å²) in [6.45, 7) is 4.77. The standard InChI is InChI=1S/C16H24BrN/c1-14(17)13-16-9-5-6-11-18(16)12-10-15-7-3-2-4-8-15/h2-4,7-8,14,16H,5-6,9-13H2,1H3. The van der Waals surface area contributed by atoms with Gasteiger partial charge in [0.05, 0.1) is 0 Å². The lowest BCUT2D eigenvalue weighted by Crippen LogP contribution is -2.41. The third kappa shape index (κ3) is 4.40. The first-order chi connectivity index (χ1) is 8.75. The summed E-state index contributed by atoms with van der Waals surface area (Å²) >= 11 is 3.71. The van der Waals surface area contributed by atoms with Gasteiger partial charge in [-0.25, -0.2) is 0 Å². The molecule has 0 aliphatic carbocycles. The van der Waals surface area contributed by atoms with Crippen LogP contribution >= 0.6 is 15.9 Å². The molecule has 100 valence electrons. The van der Waals surface area contributed by atoms with Gasteiger partial charge in [0.2, 0.25) is 0 Å². The fourth-order valence-electron chi connectivity index (χ4n) is 2.91. The lowest BCUT2D eigenvalue weighted by atomic mass is 9.97. The van der Waals surface area contributed by atoms with Gasteiger partial charge in [-0.2, -0.15) is 0 Å². The second kappa shape index (κ2) is 7.30. The Balaban J connectivity index is 1.85. The lowest BCUT2D eigenvalue weighted by molar-refractivity contribution is 0.143. The molecule has 2 rings (SSSR count). The summed E-state index contributed by atoms with van der Waals surface area (Å²) in [6, 6.07) is 11.7. The predicted octanol–water partition coefficient (Wildman–Crippen LogP) is 4.26. The van der Waals surface area contributed by atoms with Gasteiger partial charge in [-0.05, 0) is 37.8 Å². The zero-order chi connectivity index (χ0) is 12.8. The highest BCUT2D eigenvalue weighted by atomic mass is 79.9. The smallest absolute Gasteiger partial charge is 0.0132 e. The van der Waals surface area contributed by atoms with E-state index in [1.165, 1.54) is 50.8 Å². The molecule has 1 saturated heterocycles. The number of rotatable bonds is 5. The van der Waals surface area contributed by atoms with Crippen LogP contribution in [0.3, 0.4) is 0 Å². The van der Waals surface area contributed by atoms with E-state index in [0.717, 1.165) is 6.04 Å². The highest BCUT2D eigenvalue weighted by Crippen LogP contribution is 2.23. The first-order valence-electron chi connectivity index (χ1n) is 7.18. The van der Waals surface area contributed by atoms with Gasteiger partial charge in [0.1, 0.15) is 0 Å². The van der Waals surface area contributed by atoms with E-state index in [1.807, 2.05) is 0 Å². The third-order valence-corrected chi connectivity index (χ3v) is 4.25. The van der Waals surface area contributed by atoms with Crippen LogP contribution in [-0.4, -0.2) is 28.9 Å². The molecular weight excluding hydrogens is 286 g/mol. The van der Waals surface area contributed by atoms with Crippen molar-refractivity contribution in [1.29, 1.82) is 0 Å². The van der Waals surface area contributed by atoms with Crippen LogP contribution in [0.1, 0.15) is 38.2 Å². The fourth-order valence-corrected chi connectivity index (χ4v) is 3.35. The Labute approximate surface area is 120 Å². The molecule has 0 N–H and O–H groups in total. The number of nitrogens with zero attached hydrogens (tertiary/aromatic N) is 1. The maximum Gasteiger partial charge on any atom is 0.0132 e. The Hall–Kier alpha value is -0.340. The Bertz CT molecular complexity index is 336. The van der Waals surface area contributed by atoms with E-state index in [0.29, 0.717) is 4.83 Å². The van der Waals surface area contributed by atoms with Crippen molar-refractivity contribution in [3.63, 3.8) is 0 Å². The molecule has 1 aliphatic rings. The van der Waals surface area contributed by atoms with Gasteiger partial charge in [0.15, 0.2) is 0 Å². The van der Waals surface area contributed by atoms with E-state index in [2.05, 4.69) is 58.1 Å². The highest BCUT2D eigenvalue weighted by Gasteiger charge is 2.22. The Morgan fingerprint density at radius 1 is 1.28 bits per heavy atom. The summed E-state index contributed by atoms with van der Waals surface area (Å²) in [7, 11) is 0. The van der Waals surface area contributed by atoms with Crippen LogP contribution in [0.15, 0.2) is 30.3 Å². The molecule has 0 spiro atoms. The van der Waals surface area contributed by atoms with Crippen molar-refractivity contribution < 1.29 is 0 Å². The lowest BCUT2D eigenvalue weighted by Gasteiger charge is -2.36. The first kappa shape index (κ1) is 14.1. The maximum atomic E-state index is 3.71. The molecule has 2 unspecified atom stereocenters. The van der Waals surface area contributed by atoms with Crippen LogP contribution < -0.4 is 0 Å².